The second kappa shape index (κ2) is 3.59. The van der Waals surface area contributed by atoms with Gasteiger partial charge in [0.15, 0.2) is 0 Å². The molecule has 0 unspecified atom stereocenters. The van der Waals surface area contributed by atoms with Gasteiger partial charge in [-0.05, 0) is 37.5 Å². The third kappa shape index (κ3) is 1.61. The van der Waals surface area contributed by atoms with Crippen LogP contribution in [0.1, 0.15) is 30.0 Å². The van der Waals surface area contributed by atoms with Gasteiger partial charge in [0.25, 0.3) is 0 Å². The molecule has 0 aliphatic heterocycles. The molecule has 1 aliphatic carbocycles. The molecule has 0 atom stereocenters. The number of nitrogens with zero attached hydrogens (tertiary/aromatic N) is 1. The highest BCUT2D eigenvalue weighted by atomic mass is 32.1. The predicted molar refractivity (Wildman–Crippen MR) is 67.7 cm³/mol. The number of benzene rings is 1. The van der Waals surface area contributed by atoms with Crippen molar-refractivity contribution >= 4 is 12.2 Å². The zero-order valence-corrected chi connectivity index (χ0v) is 10.1. The monoisotopic (exact) mass is 230 g/mol. The summed E-state index contributed by atoms with van der Waals surface area (Å²) in [5.41, 5.74) is 3.68. The van der Waals surface area contributed by atoms with Gasteiger partial charge in [-0.25, -0.2) is 4.68 Å². The van der Waals surface area contributed by atoms with Crippen LogP contribution in [0.3, 0.4) is 0 Å². The van der Waals surface area contributed by atoms with Gasteiger partial charge in [0.2, 0.25) is 0 Å². The van der Waals surface area contributed by atoms with Crippen LogP contribution in [0.15, 0.2) is 30.3 Å². The minimum absolute atomic E-state index is 0.715. The highest BCUT2D eigenvalue weighted by molar-refractivity contribution is 7.71. The number of para-hydroxylation sites is 1. The largest absolute Gasteiger partial charge is 0.297 e. The molecule has 1 aliphatic rings. The zero-order chi connectivity index (χ0) is 11.1. The number of rotatable bonds is 2. The minimum atomic E-state index is 0.715. The van der Waals surface area contributed by atoms with Gasteiger partial charge in [-0.2, -0.15) is 0 Å². The SMILES string of the molecule is Cc1ccccc1-n1[nH]c(C2CC2)cc1=S. The highest BCUT2D eigenvalue weighted by Gasteiger charge is 2.25. The summed E-state index contributed by atoms with van der Waals surface area (Å²) in [6.07, 6.45) is 2.59. The van der Waals surface area contributed by atoms with E-state index in [1.807, 2.05) is 16.8 Å². The Labute approximate surface area is 99.9 Å². The lowest BCUT2D eigenvalue weighted by Gasteiger charge is -2.06. The maximum atomic E-state index is 5.39. The Morgan fingerprint density at radius 1 is 1.31 bits per heavy atom. The molecule has 1 heterocycles. The molecule has 1 saturated carbocycles. The van der Waals surface area contributed by atoms with E-state index >= 15 is 0 Å². The standard InChI is InChI=1S/C13H14N2S/c1-9-4-2-3-5-12(9)15-13(16)8-11(14-15)10-6-7-10/h2-5,8,10,14H,6-7H2,1H3. The summed E-state index contributed by atoms with van der Waals surface area (Å²) in [7, 11) is 0. The molecule has 1 aromatic carbocycles. The van der Waals surface area contributed by atoms with Gasteiger partial charge in [0.1, 0.15) is 4.64 Å². The average Bonchev–Trinajstić information content (AvgIpc) is 3.04. The Morgan fingerprint density at radius 3 is 2.75 bits per heavy atom. The third-order valence-electron chi connectivity index (χ3n) is 3.11. The summed E-state index contributed by atoms with van der Waals surface area (Å²) < 4.78 is 2.88. The Hall–Kier alpha value is -1.35. The fraction of sp³-hybridized carbons (Fsp3) is 0.308. The predicted octanol–water partition coefficient (Wildman–Crippen LogP) is 3.72. The first-order valence-corrected chi connectivity index (χ1v) is 6.04. The molecule has 2 aromatic rings. The summed E-state index contributed by atoms with van der Waals surface area (Å²) in [5, 5.41) is 3.41. The second-order valence-corrected chi connectivity index (χ2v) is 4.86. The van der Waals surface area contributed by atoms with E-state index in [-0.39, 0.29) is 0 Å². The normalized spacial score (nSPS) is 15.3. The van der Waals surface area contributed by atoms with Crippen molar-refractivity contribution in [3.8, 4) is 5.69 Å². The molecule has 2 nitrogen and oxygen atoms in total. The molecular formula is C13H14N2S. The Morgan fingerprint density at radius 2 is 2.06 bits per heavy atom. The van der Waals surface area contributed by atoms with Crippen LogP contribution in [0.25, 0.3) is 5.69 Å². The third-order valence-corrected chi connectivity index (χ3v) is 3.41. The maximum absolute atomic E-state index is 5.39. The zero-order valence-electron chi connectivity index (χ0n) is 9.23. The molecule has 1 N–H and O–H groups in total. The molecule has 0 bridgehead atoms. The molecular weight excluding hydrogens is 216 g/mol. The van der Waals surface area contributed by atoms with Crippen LogP contribution in [-0.4, -0.2) is 9.78 Å². The van der Waals surface area contributed by atoms with Crippen LogP contribution in [-0.2, 0) is 0 Å². The smallest absolute Gasteiger partial charge is 0.127 e. The van der Waals surface area contributed by atoms with E-state index in [1.165, 1.54) is 24.1 Å². The van der Waals surface area contributed by atoms with Gasteiger partial charge in [-0.3, -0.25) is 5.10 Å². The highest BCUT2D eigenvalue weighted by Crippen LogP contribution is 2.39. The Balaban J connectivity index is 2.12. The number of aromatic amines is 1. The van der Waals surface area contributed by atoms with E-state index in [4.69, 9.17) is 12.2 Å². The quantitative estimate of drug-likeness (QED) is 0.780. The van der Waals surface area contributed by atoms with Crippen molar-refractivity contribution in [1.82, 2.24) is 9.78 Å². The Kier molecular flexibility index (Phi) is 2.21. The lowest BCUT2D eigenvalue weighted by Crippen LogP contribution is -1.99. The lowest BCUT2D eigenvalue weighted by molar-refractivity contribution is 0.824. The molecule has 82 valence electrons. The lowest BCUT2D eigenvalue weighted by atomic mass is 10.2. The van der Waals surface area contributed by atoms with Crippen molar-refractivity contribution in [3.63, 3.8) is 0 Å². The number of H-pyrrole nitrogens is 1. The number of hydrogen-bond donors (Lipinski definition) is 1. The van der Waals surface area contributed by atoms with E-state index in [2.05, 4.69) is 30.2 Å². The van der Waals surface area contributed by atoms with Crippen molar-refractivity contribution in [2.24, 2.45) is 0 Å². The molecule has 0 radical (unpaired) electrons. The van der Waals surface area contributed by atoms with Crippen LogP contribution in [0.5, 0.6) is 0 Å². The van der Waals surface area contributed by atoms with E-state index in [9.17, 15) is 0 Å². The summed E-state index contributed by atoms with van der Waals surface area (Å²) >= 11 is 5.39. The number of hydrogen-bond acceptors (Lipinski definition) is 1. The fourth-order valence-corrected chi connectivity index (χ4v) is 2.28. The van der Waals surface area contributed by atoms with Gasteiger partial charge in [0.05, 0.1) is 5.69 Å². The molecule has 0 spiro atoms. The van der Waals surface area contributed by atoms with Crippen LogP contribution in [0.4, 0.5) is 0 Å². The molecule has 0 amide bonds. The maximum Gasteiger partial charge on any atom is 0.127 e. The van der Waals surface area contributed by atoms with E-state index in [0.29, 0.717) is 5.92 Å². The van der Waals surface area contributed by atoms with Gasteiger partial charge in [0, 0.05) is 11.6 Å². The van der Waals surface area contributed by atoms with Crippen LogP contribution >= 0.6 is 12.2 Å². The van der Waals surface area contributed by atoms with Crippen molar-refractivity contribution in [2.45, 2.75) is 25.7 Å². The number of nitrogens with one attached hydrogen (secondary N) is 1. The van der Waals surface area contributed by atoms with Crippen molar-refractivity contribution in [1.29, 1.82) is 0 Å². The first kappa shape index (κ1) is 9.85. The molecule has 0 saturated heterocycles. The minimum Gasteiger partial charge on any atom is -0.297 e. The van der Waals surface area contributed by atoms with Crippen molar-refractivity contribution in [3.05, 3.63) is 46.2 Å². The number of aromatic nitrogens is 2. The number of aryl methyl sites for hydroxylation is 1. The van der Waals surface area contributed by atoms with Gasteiger partial charge < -0.3 is 0 Å². The van der Waals surface area contributed by atoms with Gasteiger partial charge in [-0.15, -0.1) is 0 Å². The van der Waals surface area contributed by atoms with Gasteiger partial charge >= 0.3 is 0 Å². The van der Waals surface area contributed by atoms with Gasteiger partial charge in [-0.1, -0.05) is 30.4 Å². The summed E-state index contributed by atoms with van der Waals surface area (Å²) in [4.78, 5) is 0. The van der Waals surface area contributed by atoms with E-state index in [0.717, 1.165) is 10.3 Å². The first-order chi connectivity index (χ1) is 7.75. The molecule has 1 fully saturated rings. The summed E-state index contributed by atoms with van der Waals surface area (Å²) in [5.74, 6) is 0.715. The molecule has 3 rings (SSSR count). The molecule has 3 heteroatoms. The Bertz CT molecular complexity index is 576. The van der Waals surface area contributed by atoms with Crippen molar-refractivity contribution in [2.75, 3.05) is 0 Å². The summed E-state index contributed by atoms with van der Waals surface area (Å²) in [6, 6.07) is 10.4. The van der Waals surface area contributed by atoms with Crippen LogP contribution in [0, 0.1) is 11.6 Å². The van der Waals surface area contributed by atoms with Crippen LogP contribution < -0.4 is 0 Å². The van der Waals surface area contributed by atoms with Crippen molar-refractivity contribution < 1.29 is 0 Å². The fourth-order valence-electron chi connectivity index (χ4n) is 2.01. The summed E-state index contributed by atoms with van der Waals surface area (Å²) in [6.45, 7) is 2.11. The average molecular weight is 230 g/mol. The topological polar surface area (TPSA) is 20.7 Å². The first-order valence-electron chi connectivity index (χ1n) is 5.63. The van der Waals surface area contributed by atoms with E-state index < -0.39 is 0 Å². The van der Waals surface area contributed by atoms with Crippen LogP contribution in [0.2, 0.25) is 0 Å². The molecule has 16 heavy (non-hydrogen) atoms. The second-order valence-electron chi connectivity index (χ2n) is 4.45. The molecule has 1 aromatic heterocycles. The van der Waals surface area contributed by atoms with E-state index in [1.54, 1.807) is 0 Å².